The number of anilines is 1. The van der Waals surface area contributed by atoms with E-state index in [1.807, 2.05) is 0 Å². The van der Waals surface area contributed by atoms with Gasteiger partial charge in [0.1, 0.15) is 11.6 Å². The number of benzene rings is 1. The van der Waals surface area contributed by atoms with Crippen molar-refractivity contribution in [2.24, 2.45) is 0 Å². The second kappa shape index (κ2) is 6.99. The molecule has 0 aliphatic carbocycles. The first-order chi connectivity index (χ1) is 10.8. The molecule has 2 aromatic rings. The Kier molecular flexibility index (Phi) is 5.25. The number of nitrogen functional groups attached to an aromatic ring is 1. The Morgan fingerprint density at radius 1 is 1.26 bits per heavy atom. The lowest BCUT2D eigenvalue weighted by Gasteiger charge is -2.09. The molecule has 2 rings (SSSR count). The van der Waals surface area contributed by atoms with Crippen LogP contribution in [0.5, 0.6) is 0 Å². The second-order valence-corrected chi connectivity index (χ2v) is 5.37. The number of pyridine rings is 1. The van der Waals surface area contributed by atoms with Crippen molar-refractivity contribution >= 4 is 52.1 Å². The summed E-state index contributed by atoms with van der Waals surface area (Å²) in [7, 11) is 0. The van der Waals surface area contributed by atoms with Gasteiger partial charge in [0.15, 0.2) is 10.8 Å². The molecule has 0 atom stereocenters. The highest BCUT2D eigenvalue weighted by molar-refractivity contribution is 6.46. The van der Waals surface area contributed by atoms with Gasteiger partial charge in [-0.25, -0.2) is 9.78 Å². The first kappa shape index (κ1) is 17.3. The molecule has 0 radical (unpaired) electrons. The quantitative estimate of drug-likeness (QED) is 0.375. The van der Waals surface area contributed by atoms with Gasteiger partial charge in [0, 0.05) is 6.07 Å². The molecule has 1 aromatic carbocycles. The lowest BCUT2D eigenvalue weighted by Crippen LogP contribution is -2.11. The zero-order valence-electron chi connectivity index (χ0n) is 11.3. The maximum atomic E-state index is 12.0. The summed E-state index contributed by atoms with van der Waals surface area (Å²) in [6.45, 7) is -0.339. The van der Waals surface area contributed by atoms with Crippen LogP contribution >= 0.6 is 34.8 Å². The summed E-state index contributed by atoms with van der Waals surface area (Å²) in [5.74, 6) is -0.932. The number of hydrogen-bond donors (Lipinski definition) is 1. The number of aromatic nitrogens is 1. The third-order valence-electron chi connectivity index (χ3n) is 2.81. The van der Waals surface area contributed by atoms with Crippen LogP contribution < -0.4 is 5.73 Å². The van der Waals surface area contributed by atoms with Gasteiger partial charge < -0.3 is 10.5 Å². The van der Waals surface area contributed by atoms with Crippen molar-refractivity contribution in [2.75, 3.05) is 5.73 Å². The van der Waals surface area contributed by atoms with Crippen LogP contribution in [0.15, 0.2) is 24.3 Å². The Balaban J connectivity index is 2.23. The van der Waals surface area contributed by atoms with Crippen LogP contribution in [0.1, 0.15) is 16.1 Å². The summed E-state index contributed by atoms with van der Waals surface area (Å²) in [5, 5.41) is 10.4. The van der Waals surface area contributed by atoms with Gasteiger partial charge in [-0.05, 0) is 6.07 Å². The number of nitro groups is 1. The summed E-state index contributed by atoms with van der Waals surface area (Å²) in [6.07, 6.45) is 0. The van der Waals surface area contributed by atoms with Crippen LogP contribution in [0.2, 0.25) is 15.2 Å². The fraction of sp³-hybridized carbons (Fsp3) is 0.0769. The van der Waals surface area contributed by atoms with Gasteiger partial charge in [0.2, 0.25) is 0 Å². The van der Waals surface area contributed by atoms with E-state index in [1.165, 1.54) is 18.2 Å². The first-order valence-electron chi connectivity index (χ1n) is 6.02. The first-order valence-corrected chi connectivity index (χ1v) is 7.15. The predicted molar refractivity (Wildman–Crippen MR) is 85.9 cm³/mol. The molecule has 0 saturated heterocycles. The molecule has 1 aromatic heterocycles. The zero-order chi connectivity index (χ0) is 17.1. The Bertz CT molecular complexity index is 798. The molecule has 0 aliphatic rings. The van der Waals surface area contributed by atoms with Crippen molar-refractivity contribution in [1.82, 2.24) is 4.98 Å². The highest BCUT2D eigenvalue weighted by atomic mass is 35.5. The molecule has 0 bridgehead atoms. The van der Waals surface area contributed by atoms with Crippen LogP contribution in [0.25, 0.3) is 0 Å². The lowest BCUT2D eigenvalue weighted by molar-refractivity contribution is -0.385. The van der Waals surface area contributed by atoms with Crippen molar-refractivity contribution in [3.05, 3.63) is 60.8 Å². The Hall–Kier alpha value is -2.09. The van der Waals surface area contributed by atoms with Crippen LogP contribution in [0, 0.1) is 10.1 Å². The van der Waals surface area contributed by atoms with Crippen molar-refractivity contribution in [1.29, 1.82) is 0 Å². The maximum absolute atomic E-state index is 12.0. The summed E-state index contributed by atoms with van der Waals surface area (Å²) in [4.78, 5) is 26.1. The van der Waals surface area contributed by atoms with Gasteiger partial charge in [0.25, 0.3) is 5.69 Å². The lowest BCUT2D eigenvalue weighted by atomic mass is 10.2. The molecule has 120 valence electrons. The molecule has 0 spiro atoms. The smallest absolute Gasteiger partial charge is 0.358 e. The van der Waals surface area contributed by atoms with E-state index in [9.17, 15) is 14.9 Å². The number of hydrogen-bond acceptors (Lipinski definition) is 6. The van der Waals surface area contributed by atoms with Crippen LogP contribution in [-0.4, -0.2) is 15.9 Å². The minimum Gasteiger partial charge on any atom is -0.456 e. The van der Waals surface area contributed by atoms with E-state index in [0.29, 0.717) is 0 Å². The zero-order valence-corrected chi connectivity index (χ0v) is 13.5. The third-order valence-corrected chi connectivity index (χ3v) is 3.95. The number of carbonyl (C=O) groups is 1. The van der Waals surface area contributed by atoms with Gasteiger partial charge in [-0.1, -0.05) is 46.9 Å². The molecular formula is C13H8Cl3N3O4. The number of esters is 1. The van der Waals surface area contributed by atoms with Gasteiger partial charge in [0.05, 0.1) is 21.2 Å². The summed E-state index contributed by atoms with van der Waals surface area (Å²) in [5.41, 5.74) is 5.22. The molecule has 0 fully saturated rings. The molecule has 0 unspecified atom stereocenters. The summed E-state index contributed by atoms with van der Waals surface area (Å²) >= 11 is 17.4. The van der Waals surface area contributed by atoms with E-state index in [-0.39, 0.29) is 44.4 Å². The monoisotopic (exact) mass is 375 g/mol. The number of nitro benzene ring substituents is 1. The predicted octanol–water partition coefficient (Wildman–Crippen LogP) is 3.89. The number of para-hydroxylation sites is 1. The van der Waals surface area contributed by atoms with Crippen molar-refractivity contribution in [3.8, 4) is 0 Å². The van der Waals surface area contributed by atoms with E-state index in [2.05, 4.69) is 4.98 Å². The van der Waals surface area contributed by atoms with E-state index >= 15 is 0 Å². The molecule has 1 heterocycles. The number of carbonyl (C=O) groups excluding carboxylic acids is 1. The maximum Gasteiger partial charge on any atom is 0.358 e. The second-order valence-electron chi connectivity index (χ2n) is 4.25. The average Bonchev–Trinajstić information content (AvgIpc) is 2.54. The van der Waals surface area contributed by atoms with Crippen LogP contribution in [-0.2, 0) is 11.3 Å². The highest BCUT2D eigenvalue weighted by Gasteiger charge is 2.22. The summed E-state index contributed by atoms with van der Waals surface area (Å²) < 4.78 is 4.99. The topological polar surface area (TPSA) is 108 Å². The molecule has 2 N–H and O–H groups in total. The Morgan fingerprint density at radius 2 is 1.91 bits per heavy atom. The molecular weight excluding hydrogens is 369 g/mol. The highest BCUT2D eigenvalue weighted by Crippen LogP contribution is 2.34. The fourth-order valence-electron chi connectivity index (χ4n) is 1.69. The number of ether oxygens (including phenoxy) is 1. The van der Waals surface area contributed by atoms with E-state index in [0.717, 1.165) is 0 Å². The van der Waals surface area contributed by atoms with Crippen molar-refractivity contribution < 1.29 is 14.5 Å². The van der Waals surface area contributed by atoms with Crippen molar-refractivity contribution in [2.45, 2.75) is 6.61 Å². The standard InChI is InChI=1S/C13H8Cl3N3O4/c14-8-10(17)9(15)12(16)18-11(8)13(20)23-5-6-3-1-2-4-7(6)19(21)22/h1-4H,5H2,(H2,17,18). The SMILES string of the molecule is Nc1c(Cl)c(Cl)nc(C(=O)OCc2ccccc2[N+](=O)[O-])c1Cl. The molecule has 23 heavy (non-hydrogen) atoms. The van der Waals surface area contributed by atoms with Crippen LogP contribution in [0.3, 0.4) is 0 Å². The number of nitrogens with two attached hydrogens (primary N) is 1. The number of nitrogens with zero attached hydrogens (tertiary/aromatic N) is 2. The van der Waals surface area contributed by atoms with E-state index < -0.39 is 10.9 Å². The Labute approximate surface area is 145 Å². The van der Waals surface area contributed by atoms with Crippen molar-refractivity contribution in [3.63, 3.8) is 0 Å². The average molecular weight is 377 g/mol. The van der Waals surface area contributed by atoms with E-state index in [4.69, 9.17) is 45.3 Å². The summed E-state index contributed by atoms with van der Waals surface area (Å²) in [6, 6.07) is 5.84. The van der Waals surface area contributed by atoms with Gasteiger partial charge in [-0.15, -0.1) is 0 Å². The largest absolute Gasteiger partial charge is 0.456 e. The van der Waals surface area contributed by atoms with Crippen LogP contribution in [0.4, 0.5) is 11.4 Å². The van der Waals surface area contributed by atoms with Gasteiger partial charge in [-0.3, -0.25) is 10.1 Å². The van der Waals surface area contributed by atoms with Gasteiger partial charge >= 0.3 is 5.97 Å². The minimum absolute atomic E-state index is 0.0769. The number of rotatable bonds is 4. The molecule has 10 heteroatoms. The Morgan fingerprint density at radius 3 is 2.57 bits per heavy atom. The third kappa shape index (κ3) is 3.64. The molecule has 0 amide bonds. The molecule has 7 nitrogen and oxygen atoms in total. The molecule has 0 saturated carbocycles. The fourth-order valence-corrected chi connectivity index (χ4v) is 2.27. The van der Waals surface area contributed by atoms with Gasteiger partial charge in [-0.2, -0.15) is 0 Å². The normalized spacial score (nSPS) is 10.4. The minimum atomic E-state index is -0.932. The number of halogens is 3. The van der Waals surface area contributed by atoms with E-state index in [1.54, 1.807) is 6.07 Å². The molecule has 0 aliphatic heterocycles.